The number of aliphatic imine (C=N–C) groups is 2. The average Bonchev–Trinajstić information content (AvgIpc) is 3.91. The second-order valence-electron chi connectivity index (χ2n) is 14.2. The quantitative estimate of drug-likeness (QED) is 0.210. The number of hydrogen-bond acceptors (Lipinski definition) is 10. The summed E-state index contributed by atoms with van der Waals surface area (Å²) in [6.45, 7) is 0. The molecule has 0 saturated heterocycles. The lowest BCUT2D eigenvalue weighted by molar-refractivity contribution is -0.120. The molecule has 1 spiro atoms. The number of carbonyl (C=O) groups excluding carboxylic acids is 4. The van der Waals surface area contributed by atoms with Gasteiger partial charge in [0, 0.05) is 44.2 Å². The lowest BCUT2D eigenvalue weighted by atomic mass is 9.70. The van der Waals surface area contributed by atoms with Gasteiger partial charge in [-0.15, -0.1) is 45.3 Å². The Morgan fingerprint density at radius 3 is 1.72 bits per heavy atom. The maximum absolute atomic E-state index is 13.4. The van der Waals surface area contributed by atoms with E-state index in [4.69, 9.17) is 9.98 Å². The lowest BCUT2D eigenvalue weighted by Gasteiger charge is -2.35. The molecule has 4 heterocycles. The second kappa shape index (κ2) is 10.2. The molecule has 4 atom stereocenters. The van der Waals surface area contributed by atoms with Crippen LogP contribution in [0.4, 0.5) is 5.00 Å². The Labute approximate surface area is 281 Å². The number of Topliss-reactive ketones (excluding diaryl/α,β-unsaturated/α-hetero) is 4. The Morgan fingerprint density at radius 1 is 0.565 bits per heavy atom. The minimum Gasteiger partial charge on any atom is -0.292 e. The van der Waals surface area contributed by atoms with Gasteiger partial charge < -0.3 is 0 Å². The molecule has 6 aliphatic rings. The van der Waals surface area contributed by atoms with Crippen LogP contribution < -0.4 is 0 Å². The van der Waals surface area contributed by atoms with Crippen molar-refractivity contribution in [1.29, 1.82) is 0 Å². The van der Waals surface area contributed by atoms with Gasteiger partial charge in [0.1, 0.15) is 10.7 Å². The molecule has 0 radical (unpaired) electrons. The molecule has 10 heteroatoms. The minimum absolute atomic E-state index is 0.0159. The van der Waals surface area contributed by atoms with Gasteiger partial charge in [-0.2, -0.15) is 0 Å². The number of ketones is 4. The average molecular weight is 685 g/mol. The van der Waals surface area contributed by atoms with Gasteiger partial charge in [0.2, 0.25) is 0 Å². The minimum atomic E-state index is -0.244. The van der Waals surface area contributed by atoms with Crippen LogP contribution in [0.5, 0.6) is 0 Å². The van der Waals surface area contributed by atoms with Crippen molar-refractivity contribution in [2.24, 2.45) is 33.7 Å². The van der Waals surface area contributed by atoms with Gasteiger partial charge >= 0.3 is 0 Å². The van der Waals surface area contributed by atoms with E-state index in [2.05, 4.69) is 12.1 Å². The maximum Gasteiger partial charge on any atom is 0.188 e. The van der Waals surface area contributed by atoms with Gasteiger partial charge in [0.15, 0.2) is 28.8 Å². The second-order valence-corrected chi connectivity index (χ2v) is 18.3. The van der Waals surface area contributed by atoms with Crippen LogP contribution >= 0.6 is 45.3 Å². The summed E-state index contributed by atoms with van der Waals surface area (Å²) in [5.74, 6) is -0.775. The van der Waals surface area contributed by atoms with E-state index in [-0.39, 0.29) is 63.6 Å². The zero-order valence-electron chi connectivity index (χ0n) is 25.3. The summed E-state index contributed by atoms with van der Waals surface area (Å²) in [4.78, 5) is 64.1. The third-order valence-electron chi connectivity index (χ3n) is 11.8. The zero-order valence-corrected chi connectivity index (χ0v) is 28.6. The summed E-state index contributed by atoms with van der Waals surface area (Å²) in [5, 5.41) is 0.746. The molecule has 0 aliphatic heterocycles. The summed E-state index contributed by atoms with van der Waals surface area (Å²) < 4.78 is 7.55. The molecular formula is C36H32N2O4S4. The molecule has 0 N–H and O–H groups in total. The number of fused-ring (bicyclic) bond motifs is 10. The first-order valence-electron chi connectivity index (χ1n) is 16.9. The molecule has 0 amide bonds. The SMILES string of the molecule is O=C1C(=NC2=Cc3sc4c(sc5c6sc(N=C7C(=O)C8CCCCC8C7=O)cc6sc45)c3C23CCCCC3)C(=O)C2CCCCC12. The van der Waals surface area contributed by atoms with Crippen molar-refractivity contribution >= 4 is 119 Å². The van der Waals surface area contributed by atoms with Crippen LogP contribution in [0.1, 0.15) is 93.9 Å². The van der Waals surface area contributed by atoms with Crippen molar-refractivity contribution in [3.63, 3.8) is 0 Å². The van der Waals surface area contributed by atoms with Crippen LogP contribution in [-0.4, -0.2) is 34.6 Å². The number of rotatable bonds is 2. The van der Waals surface area contributed by atoms with Crippen molar-refractivity contribution in [3.05, 3.63) is 22.2 Å². The molecule has 0 aromatic carbocycles. The van der Waals surface area contributed by atoms with E-state index < -0.39 is 0 Å². The number of thiophene rings is 4. The number of carbonyl (C=O) groups is 4. The third kappa shape index (κ3) is 3.78. The highest BCUT2D eigenvalue weighted by molar-refractivity contribution is 7.45. The van der Waals surface area contributed by atoms with Crippen molar-refractivity contribution in [2.75, 3.05) is 0 Å². The van der Waals surface area contributed by atoms with E-state index >= 15 is 0 Å². The van der Waals surface area contributed by atoms with E-state index in [9.17, 15) is 19.2 Å². The van der Waals surface area contributed by atoms with Crippen LogP contribution in [0.15, 0.2) is 21.7 Å². The summed E-state index contributed by atoms with van der Waals surface area (Å²) >= 11 is 7.05. The third-order valence-corrected chi connectivity index (χ3v) is 17.0. The fourth-order valence-electron chi connectivity index (χ4n) is 9.59. The van der Waals surface area contributed by atoms with Crippen LogP contribution in [0.25, 0.3) is 34.3 Å². The first kappa shape index (κ1) is 28.4. The highest BCUT2D eigenvalue weighted by Crippen LogP contribution is 2.61. The Hall–Kier alpha value is -2.66. The number of allylic oxidation sites excluding steroid dienone is 1. The van der Waals surface area contributed by atoms with Gasteiger partial charge in [-0.25, -0.2) is 9.98 Å². The summed E-state index contributed by atoms with van der Waals surface area (Å²) in [5.41, 5.74) is 2.45. The van der Waals surface area contributed by atoms with Gasteiger partial charge in [-0.1, -0.05) is 44.9 Å². The van der Waals surface area contributed by atoms with Gasteiger partial charge in [0.25, 0.3) is 0 Å². The molecule has 5 fully saturated rings. The van der Waals surface area contributed by atoms with E-state index in [1.54, 1.807) is 22.7 Å². The predicted molar refractivity (Wildman–Crippen MR) is 189 cm³/mol. The van der Waals surface area contributed by atoms with Crippen molar-refractivity contribution in [2.45, 2.75) is 88.9 Å². The maximum atomic E-state index is 13.4. The summed E-state index contributed by atoms with van der Waals surface area (Å²) in [7, 11) is 0. The fraction of sp³-hybridized carbons (Fsp3) is 0.500. The molecule has 4 aromatic heterocycles. The van der Waals surface area contributed by atoms with Crippen LogP contribution in [0.3, 0.4) is 0 Å². The smallest absolute Gasteiger partial charge is 0.188 e. The van der Waals surface area contributed by atoms with Crippen molar-refractivity contribution in [1.82, 2.24) is 0 Å². The molecular weight excluding hydrogens is 653 g/mol. The first-order valence-corrected chi connectivity index (χ1v) is 20.2. The topological polar surface area (TPSA) is 93.0 Å². The first-order chi connectivity index (χ1) is 22.4. The van der Waals surface area contributed by atoms with Crippen LogP contribution in [-0.2, 0) is 24.6 Å². The van der Waals surface area contributed by atoms with Crippen molar-refractivity contribution in [3.8, 4) is 0 Å². The molecule has 10 rings (SSSR count). The molecule has 6 nitrogen and oxygen atoms in total. The molecule has 0 bridgehead atoms. The van der Waals surface area contributed by atoms with Crippen molar-refractivity contribution < 1.29 is 19.2 Å². The normalized spacial score (nSPS) is 29.0. The Bertz CT molecular complexity index is 2110. The Kier molecular flexibility index (Phi) is 6.27. The molecule has 5 saturated carbocycles. The van der Waals surface area contributed by atoms with Gasteiger partial charge in [-0.3, -0.25) is 19.2 Å². The number of hydrogen-bond donors (Lipinski definition) is 0. The highest BCUT2D eigenvalue weighted by atomic mass is 32.1. The van der Waals surface area contributed by atoms with Crippen LogP contribution in [0.2, 0.25) is 0 Å². The van der Waals surface area contributed by atoms with E-state index in [0.29, 0.717) is 0 Å². The molecule has 46 heavy (non-hydrogen) atoms. The lowest BCUT2D eigenvalue weighted by Crippen LogP contribution is -2.30. The van der Waals surface area contributed by atoms with Gasteiger partial charge in [0.05, 0.1) is 29.2 Å². The fourth-order valence-corrected chi connectivity index (χ4v) is 15.5. The molecule has 4 unspecified atom stereocenters. The van der Waals surface area contributed by atoms with Gasteiger partial charge in [-0.05, 0) is 50.7 Å². The van der Waals surface area contributed by atoms with E-state index in [1.165, 1.54) is 40.4 Å². The van der Waals surface area contributed by atoms with Crippen LogP contribution in [0, 0.1) is 23.7 Å². The molecule has 4 aromatic rings. The largest absolute Gasteiger partial charge is 0.292 e. The molecule has 234 valence electrons. The highest BCUT2D eigenvalue weighted by Gasteiger charge is 2.51. The summed E-state index contributed by atoms with van der Waals surface area (Å²) in [6.07, 6.45) is 15.0. The Balaban J connectivity index is 1.05. The monoisotopic (exact) mass is 684 g/mol. The van der Waals surface area contributed by atoms with E-state index in [0.717, 1.165) is 92.4 Å². The Morgan fingerprint density at radius 2 is 1.11 bits per heavy atom. The summed E-state index contributed by atoms with van der Waals surface area (Å²) in [6, 6.07) is 2.06. The standard InChI is InChI=1S/C36H32N2O4S4/c39-27-16-8-2-3-9-17(16)28(40)25(27)37-22-14-20-24(36(22)12-6-1-7-13-36)32-34(43-20)35-33(46-32)31-21(44-35)15-23(45-31)38-26-29(41)18-10-4-5-11-19(18)30(26)42/h14-19H,1-13H2. The van der Waals surface area contributed by atoms with E-state index in [1.807, 2.05) is 22.7 Å². The molecule has 6 aliphatic carbocycles. The predicted octanol–water partition coefficient (Wildman–Crippen LogP) is 9.38. The number of nitrogens with zero attached hydrogens (tertiary/aromatic N) is 2. The zero-order chi connectivity index (χ0) is 30.9.